The minimum Gasteiger partial charge on any atom is -0.267 e. The van der Waals surface area contributed by atoms with Gasteiger partial charge in [-0.1, -0.05) is 41.7 Å². The van der Waals surface area contributed by atoms with Crippen LogP contribution in [0.25, 0.3) is 15.5 Å². The molecule has 0 atom stereocenters. The maximum absolute atomic E-state index is 11.8. The van der Waals surface area contributed by atoms with Gasteiger partial charge >= 0.3 is 0 Å². The summed E-state index contributed by atoms with van der Waals surface area (Å²) >= 11 is 5.53. The summed E-state index contributed by atoms with van der Waals surface area (Å²) in [5.74, 6) is 0.449. The highest BCUT2D eigenvalue weighted by Gasteiger charge is 2.09. The van der Waals surface area contributed by atoms with E-state index in [1.807, 2.05) is 30.3 Å². The van der Waals surface area contributed by atoms with Crippen molar-refractivity contribution >= 4 is 28.9 Å². The van der Waals surface area contributed by atoms with Crippen LogP contribution < -0.4 is 5.56 Å². The molecule has 3 rings (SSSR count). The summed E-state index contributed by atoms with van der Waals surface area (Å²) in [6.07, 6.45) is 0. The SMILES string of the molecule is O=c1cc(CS)nc2sc(-c3ccccc3)nn12. The molecule has 0 bridgehead atoms. The van der Waals surface area contributed by atoms with E-state index < -0.39 is 0 Å². The monoisotopic (exact) mass is 275 g/mol. The van der Waals surface area contributed by atoms with Crippen molar-refractivity contribution in [1.29, 1.82) is 0 Å². The maximum Gasteiger partial charge on any atom is 0.275 e. The molecule has 0 fully saturated rings. The first-order valence-corrected chi connectivity index (χ1v) is 6.79. The fourth-order valence-corrected chi connectivity index (χ4v) is 2.73. The van der Waals surface area contributed by atoms with E-state index in [0.29, 0.717) is 16.4 Å². The molecule has 0 aliphatic rings. The van der Waals surface area contributed by atoms with Gasteiger partial charge in [0.05, 0.1) is 5.69 Å². The van der Waals surface area contributed by atoms with Crippen molar-refractivity contribution in [2.24, 2.45) is 0 Å². The van der Waals surface area contributed by atoms with Crippen LogP contribution >= 0.6 is 24.0 Å². The summed E-state index contributed by atoms with van der Waals surface area (Å²) in [6, 6.07) is 11.2. The molecule has 4 nitrogen and oxygen atoms in total. The molecule has 0 spiro atoms. The van der Waals surface area contributed by atoms with Crippen molar-refractivity contribution < 1.29 is 0 Å². The van der Waals surface area contributed by atoms with Gasteiger partial charge < -0.3 is 0 Å². The van der Waals surface area contributed by atoms with Gasteiger partial charge in [0.15, 0.2) is 0 Å². The lowest BCUT2D eigenvalue weighted by Gasteiger charge is -1.93. The summed E-state index contributed by atoms with van der Waals surface area (Å²) in [7, 11) is 0. The van der Waals surface area contributed by atoms with Gasteiger partial charge in [-0.15, -0.1) is 0 Å². The van der Waals surface area contributed by atoms with E-state index in [0.717, 1.165) is 10.6 Å². The van der Waals surface area contributed by atoms with Gasteiger partial charge in [0, 0.05) is 17.4 Å². The van der Waals surface area contributed by atoms with Gasteiger partial charge in [-0.2, -0.15) is 22.2 Å². The lowest BCUT2D eigenvalue weighted by atomic mass is 10.2. The van der Waals surface area contributed by atoms with Crippen LogP contribution in [0, 0.1) is 0 Å². The first-order valence-electron chi connectivity index (χ1n) is 5.34. The van der Waals surface area contributed by atoms with Crippen LogP contribution in [-0.2, 0) is 5.75 Å². The minimum atomic E-state index is -0.164. The van der Waals surface area contributed by atoms with Crippen LogP contribution in [0.15, 0.2) is 41.2 Å². The molecule has 0 saturated heterocycles. The molecule has 0 radical (unpaired) electrons. The van der Waals surface area contributed by atoms with Gasteiger partial charge in [-0.05, 0) is 0 Å². The van der Waals surface area contributed by atoms with E-state index in [4.69, 9.17) is 0 Å². The normalized spacial score (nSPS) is 10.9. The standard InChI is InChI=1S/C12H9N3OS2/c16-10-6-9(7-17)13-12-15(10)14-11(18-12)8-4-2-1-3-5-8/h1-6,17H,7H2. The lowest BCUT2D eigenvalue weighted by Crippen LogP contribution is -2.14. The van der Waals surface area contributed by atoms with Crippen molar-refractivity contribution in [3.63, 3.8) is 0 Å². The highest BCUT2D eigenvalue weighted by molar-refractivity contribution is 7.79. The van der Waals surface area contributed by atoms with E-state index in [2.05, 4.69) is 22.7 Å². The van der Waals surface area contributed by atoms with Crippen molar-refractivity contribution in [2.45, 2.75) is 5.75 Å². The Hall–Kier alpha value is -1.66. The van der Waals surface area contributed by atoms with Crippen LogP contribution in [0.2, 0.25) is 0 Å². The number of nitrogens with zero attached hydrogens (tertiary/aromatic N) is 3. The van der Waals surface area contributed by atoms with E-state index in [1.165, 1.54) is 21.9 Å². The third kappa shape index (κ3) is 1.93. The van der Waals surface area contributed by atoms with Crippen LogP contribution in [0.5, 0.6) is 0 Å². The summed E-state index contributed by atoms with van der Waals surface area (Å²) in [4.78, 5) is 16.8. The van der Waals surface area contributed by atoms with E-state index in [9.17, 15) is 4.79 Å². The molecule has 1 aromatic carbocycles. The van der Waals surface area contributed by atoms with Gasteiger partial charge in [-0.25, -0.2) is 4.98 Å². The molecule has 0 saturated carbocycles. The number of hydrogen-bond donors (Lipinski definition) is 1. The molecule has 2 aromatic heterocycles. The zero-order valence-corrected chi connectivity index (χ0v) is 11.0. The second-order valence-corrected chi connectivity index (χ2v) is 4.98. The summed E-state index contributed by atoms with van der Waals surface area (Å²) in [5.41, 5.74) is 1.49. The second-order valence-electron chi connectivity index (χ2n) is 3.71. The molecular formula is C12H9N3OS2. The molecule has 90 valence electrons. The molecule has 0 amide bonds. The second kappa shape index (κ2) is 4.55. The van der Waals surface area contributed by atoms with Crippen LogP contribution in [0.1, 0.15) is 5.69 Å². The highest BCUT2D eigenvalue weighted by atomic mass is 32.1. The van der Waals surface area contributed by atoms with Gasteiger partial charge in [0.25, 0.3) is 5.56 Å². The molecule has 6 heteroatoms. The topological polar surface area (TPSA) is 47.3 Å². The Kier molecular flexibility index (Phi) is 2.89. The molecule has 0 unspecified atom stereocenters. The van der Waals surface area contributed by atoms with Crippen molar-refractivity contribution in [3.8, 4) is 10.6 Å². The Morgan fingerprint density at radius 1 is 1.28 bits per heavy atom. The number of rotatable bonds is 2. The van der Waals surface area contributed by atoms with E-state index in [-0.39, 0.29) is 5.56 Å². The largest absolute Gasteiger partial charge is 0.275 e. The fraction of sp³-hybridized carbons (Fsp3) is 0.0833. The molecule has 0 aliphatic carbocycles. The zero-order valence-electron chi connectivity index (χ0n) is 9.28. The molecule has 3 aromatic rings. The molecule has 2 heterocycles. The molecular weight excluding hydrogens is 266 g/mol. The van der Waals surface area contributed by atoms with Gasteiger partial charge in [0.1, 0.15) is 5.01 Å². The number of benzene rings is 1. The van der Waals surface area contributed by atoms with Crippen molar-refractivity contribution in [1.82, 2.24) is 14.6 Å². The predicted octanol–water partition coefficient (Wildman–Crippen LogP) is 2.25. The first kappa shape index (κ1) is 11.4. The Labute approximate surface area is 112 Å². The minimum absolute atomic E-state index is 0.164. The molecule has 18 heavy (non-hydrogen) atoms. The third-order valence-corrected chi connectivity index (χ3v) is 3.76. The Morgan fingerprint density at radius 2 is 2.06 bits per heavy atom. The van der Waals surface area contributed by atoms with Crippen molar-refractivity contribution in [3.05, 3.63) is 52.4 Å². The van der Waals surface area contributed by atoms with Crippen LogP contribution in [0.3, 0.4) is 0 Å². The van der Waals surface area contributed by atoms with E-state index >= 15 is 0 Å². The number of thiol groups is 1. The Balaban J connectivity index is 2.23. The highest BCUT2D eigenvalue weighted by Crippen LogP contribution is 2.23. The first-order chi connectivity index (χ1) is 8.78. The predicted molar refractivity (Wildman–Crippen MR) is 75.3 cm³/mol. The summed E-state index contributed by atoms with van der Waals surface area (Å²) in [5, 5.41) is 5.08. The average molecular weight is 275 g/mol. The third-order valence-electron chi connectivity index (χ3n) is 2.48. The van der Waals surface area contributed by atoms with Crippen LogP contribution in [0.4, 0.5) is 0 Å². The fourth-order valence-electron chi connectivity index (χ4n) is 1.63. The smallest absolute Gasteiger partial charge is 0.267 e. The average Bonchev–Trinajstić information content (AvgIpc) is 2.84. The summed E-state index contributed by atoms with van der Waals surface area (Å²) < 4.78 is 1.33. The Morgan fingerprint density at radius 3 is 2.78 bits per heavy atom. The van der Waals surface area contributed by atoms with Crippen LogP contribution in [-0.4, -0.2) is 14.6 Å². The molecule has 0 aliphatic heterocycles. The van der Waals surface area contributed by atoms with Gasteiger partial charge in [-0.3, -0.25) is 4.79 Å². The van der Waals surface area contributed by atoms with Crippen molar-refractivity contribution in [2.75, 3.05) is 0 Å². The zero-order chi connectivity index (χ0) is 12.5. The van der Waals surface area contributed by atoms with Gasteiger partial charge in [0.2, 0.25) is 4.96 Å². The number of aromatic nitrogens is 3. The quantitative estimate of drug-likeness (QED) is 0.730. The number of fused-ring (bicyclic) bond motifs is 1. The maximum atomic E-state index is 11.8. The Bertz CT molecular complexity index is 749. The lowest BCUT2D eigenvalue weighted by molar-refractivity contribution is 0.892. The van der Waals surface area contributed by atoms with E-state index in [1.54, 1.807) is 0 Å². The molecule has 0 N–H and O–H groups in total. The number of hydrogen-bond acceptors (Lipinski definition) is 5. The summed E-state index contributed by atoms with van der Waals surface area (Å²) in [6.45, 7) is 0.